The molecule has 1 fully saturated rings. The zero-order valence-electron chi connectivity index (χ0n) is 12.7. The standard InChI is InChI=1S/C16H26N2O2/c1-12(18-8-4-5-9-18)11-17-13(2)14-6-7-15(19)16(10-14)20-3/h6-7,10,12-13,17,19H,4-5,8-9,11H2,1-3H3. The van der Waals surface area contributed by atoms with E-state index >= 15 is 0 Å². The molecule has 2 N–H and O–H groups in total. The first kappa shape index (κ1) is 15.1. The molecule has 1 aliphatic heterocycles. The lowest BCUT2D eigenvalue weighted by molar-refractivity contribution is 0.247. The van der Waals surface area contributed by atoms with Gasteiger partial charge in [-0.1, -0.05) is 6.07 Å². The Morgan fingerprint density at radius 2 is 2.00 bits per heavy atom. The highest BCUT2D eigenvalue weighted by atomic mass is 16.5. The first-order valence-electron chi connectivity index (χ1n) is 7.46. The van der Waals surface area contributed by atoms with Crippen molar-refractivity contribution in [2.45, 2.75) is 38.8 Å². The van der Waals surface area contributed by atoms with Crippen LogP contribution in [0.2, 0.25) is 0 Å². The van der Waals surface area contributed by atoms with E-state index in [1.54, 1.807) is 13.2 Å². The maximum atomic E-state index is 9.63. The molecule has 0 aliphatic carbocycles. The lowest BCUT2D eigenvalue weighted by Crippen LogP contribution is -2.39. The second-order valence-corrected chi connectivity index (χ2v) is 5.65. The number of rotatable bonds is 6. The molecule has 0 saturated carbocycles. The number of likely N-dealkylation sites (tertiary alicyclic amines) is 1. The van der Waals surface area contributed by atoms with E-state index < -0.39 is 0 Å². The lowest BCUT2D eigenvalue weighted by Gasteiger charge is -2.26. The summed E-state index contributed by atoms with van der Waals surface area (Å²) in [5, 5.41) is 13.2. The number of methoxy groups -OCH3 is 1. The van der Waals surface area contributed by atoms with Gasteiger partial charge in [0.1, 0.15) is 0 Å². The third kappa shape index (κ3) is 3.64. The second-order valence-electron chi connectivity index (χ2n) is 5.65. The van der Waals surface area contributed by atoms with E-state index in [1.165, 1.54) is 25.9 Å². The van der Waals surface area contributed by atoms with Gasteiger partial charge < -0.3 is 15.2 Å². The number of nitrogens with one attached hydrogen (secondary N) is 1. The molecule has 2 rings (SSSR count). The molecule has 1 heterocycles. The molecular formula is C16H26N2O2. The molecule has 0 spiro atoms. The summed E-state index contributed by atoms with van der Waals surface area (Å²) in [7, 11) is 1.58. The summed E-state index contributed by atoms with van der Waals surface area (Å²) in [5.74, 6) is 0.720. The summed E-state index contributed by atoms with van der Waals surface area (Å²) in [6.07, 6.45) is 2.66. The first-order chi connectivity index (χ1) is 9.61. The van der Waals surface area contributed by atoms with Crippen LogP contribution in [0.5, 0.6) is 11.5 Å². The molecule has 2 unspecified atom stereocenters. The van der Waals surface area contributed by atoms with E-state index in [2.05, 4.69) is 24.1 Å². The van der Waals surface area contributed by atoms with Crippen molar-refractivity contribution >= 4 is 0 Å². The van der Waals surface area contributed by atoms with Crippen molar-refractivity contribution in [1.82, 2.24) is 10.2 Å². The summed E-state index contributed by atoms with van der Waals surface area (Å²) in [4.78, 5) is 2.54. The van der Waals surface area contributed by atoms with Crippen LogP contribution >= 0.6 is 0 Å². The van der Waals surface area contributed by atoms with Gasteiger partial charge >= 0.3 is 0 Å². The van der Waals surface area contributed by atoms with Crippen LogP contribution < -0.4 is 10.1 Å². The Hall–Kier alpha value is -1.26. The van der Waals surface area contributed by atoms with Crippen molar-refractivity contribution in [3.05, 3.63) is 23.8 Å². The van der Waals surface area contributed by atoms with E-state index in [9.17, 15) is 5.11 Å². The van der Waals surface area contributed by atoms with Crippen molar-refractivity contribution in [2.75, 3.05) is 26.7 Å². The normalized spacial score (nSPS) is 18.9. The molecule has 0 radical (unpaired) electrons. The zero-order chi connectivity index (χ0) is 14.5. The van der Waals surface area contributed by atoms with Crippen LogP contribution in [0.4, 0.5) is 0 Å². The van der Waals surface area contributed by atoms with Crippen LogP contribution in [0.1, 0.15) is 38.3 Å². The number of ether oxygens (including phenoxy) is 1. The van der Waals surface area contributed by atoms with Gasteiger partial charge in [-0.3, -0.25) is 4.90 Å². The fourth-order valence-electron chi connectivity index (χ4n) is 2.74. The van der Waals surface area contributed by atoms with Crippen LogP contribution in [0.25, 0.3) is 0 Å². The van der Waals surface area contributed by atoms with Crippen molar-refractivity contribution < 1.29 is 9.84 Å². The third-order valence-electron chi connectivity index (χ3n) is 4.19. The minimum Gasteiger partial charge on any atom is -0.504 e. The van der Waals surface area contributed by atoms with Crippen LogP contribution in [0, 0.1) is 0 Å². The summed E-state index contributed by atoms with van der Waals surface area (Å²) in [5.41, 5.74) is 1.13. The fraction of sp³-hybridized carbons (Fsp3) is 0.625. The Morgan fingerprint density at radius 1 is 1.30 bits per heavy atom. The third-order valence-corrected chi connectivity index (χ3v) is 4.19. The molecular weight excluding hydrogens is 252 g/mol. The Kier molecular flexibility index (Phi) is 5.26. The monoisotopic (exact) mass is 278 g/mol. The fourth-order valence-corrected chi connectivity index (χ4v) is 2.74. The van der Waals surface area contributed by atoms with Crippen LogP contribution in [-0.4, -0.2) is 42.8 Å². The number of aromatic hydroxyl groups is 1. The topological polar surface area (TPSA) is 44.7 Å². The molecule has 112 valence electrons. The van der Waals surface area contributed by atoms with Gasteiger partial charge in [-0.15, -0.1) is 0 Å². The van der Waals surface area contributed by atoms with Crippen molar-refractivity contribution in [2.24, 2.45) is 0 Å². The Morgan fingerprint density at radius 3 is 2.65 bits per heavy atom. The highest BCUT2D eigenvalue weighted by Gasteiger charge is 2.18. The SMILES string of the molecule is COc1cc(C(C)NCC(C)N2CCCC2)ccc1O. The number of hydrogen-bond acceptors (Lipinski definition) is 4. The summed E-state index contributed by atoms with van der Waals surface area (Å²) in [6.45, 7) is 7.85. The highest BCUT2D eigenvalue weighted by Crippen LogP contribution is 2.28. The number of phenolic OH excluding ortho intramolecular Hbond substituents is 1. The van der Waals surface area contributed by atoms with Crippen molar-refractivity contribution in [3.63, 3.8) is 0 Å². The predicted molar refractivity (Wildman–Crippen MR) is 81.3 cm³/mol. The number of hydrogen-bond donors (Lipinski definition) is 2. The van der Waals surface area contributed by atoms with Gasteiger partial charge in [0.05, 0.1) is 7.11 Å². The van der Waals surface area contributed by atoms with E-state index in [0.29, 0.717) is 11.8 Å². The van der Waals surface area contributed by atoms with Crippen LogP contribution in [0.15, 0.2) is 18.2 Å². The predicted octanol–water partition coefficient (Wildman–Crippen LogP) is 2.54. The number of nitrogens with zero attached hydrogens (tertiary/aromatic N) is 1. The number of phenols is 1. The molecule has 4 nitrogen and oxygen atoms in total. The Balaban J connectivity index is 1.89. The first-order valence-corrected chi connectivity index (χ1v) is 7.46. The number of benzene rings is 1. The molecule has 0 aromatic heterocycles. The van der Waals surface area contributed by atoms with Gasteiger partial charge in [-0.05, 0) is 57.5 Å². The van der Waals surface area contributed by atoms with Crippen molar-refractivity contribution in [3.8, 4) is 11.5 Å². The highest BCUT2D eigenvalue weighted by molar-refractivity contribution is 5.42. The van der Waals surface area contributed by atoms with Crippen LogP contribution in [-0.2, 0) is 0 Å². The molecule has 1 saturated heterocycles. The lowest BCUT2D eigenvalue weighted by atomic mass is 10.1. The molecule has 4 heteroatoms. The maximum Gasteiger partial charge on any atom is 0.160 e. The quantitative estimate of drug-likeness (QED) is 0.839. The van der Waals surface area contributed by atoms with E-state index in [-0.39, 0.29) is 11.8 Å². The maximum absolute atomic E-state index is 9.63. The Bertz CT molecular complexity index is 430. The van der Waals surface area contributed by atoms with Gasteiger partial charge in [-0.25, -0.2) is 0 Å². The summed E-state index contributed by atoms with van der Waals surface area (Å²) < 4.78 is 5.16. The molecule has 1 aromatic rings. The smallest absolute Gasteiger partial charge is 0.160 e. The largest absolute Gasteiger partial charge is 0.504 e. The molecule has 0 amide bonds. The molecule has 1 aliphatic rings. The molecule has 0 bridgehead atoms. The average molecular weight is 278 g/mol. The molecule has 1 aromatic carbocycles. The van der Waals surface area contributed by atoms with Gasteiger partial charge in [-0.2, -0.15) is 0 Å². The Labute approximate surface area is 121 Å². The van der Waals surface area contributed by atoms with Gasteiger partial charge in [0, 0.05) is 18.6 Å². The zero-order valence-corrected chi connectivity index (χ0v) is 12.7. The van der Waals surface area contributed by atoms with Gasteiger partial charge in [0.2, 0.25) is 0 Å². The van der Waals surface area contributed by atoms with E-state index in [0.717, 1.165) is 12.1 Å². The van der Waals surface area contributed by atoms with Gasteiger partial charge in [0.25, 0.3) is 0 Å². The van der Waals surface area contributed by atoms with E-state index in [1.807, 2.05) is 12.1 Å². The average Bonchev–Trinajstić information content (AvgIpc) is 2.99. The van der Waals surface area contributed by atoms with Gasteiger partial charge in [0.15, 0.2) is 11.5 Å². The van der Waals surface area contributed by atoms with E-state index in [4.69, 9.17) is 4.74 Å². The summed E-state index contributed by atoms with van der Waals surface area (Å²) >= 11 is 0. The molecule has 20 heavy (non-hydrogen) atoms. The molecule has 2 atom stereocenters. The minimum atomic E-state index is 0.189. The summed E-state index contributed by atoms with van der Waals surface area (Å²) in [6, 6.07) is 6.34. The van der Waals surface area contributed by atoms with Crippen LogP contribution in [0.3, 0.4) is 0 Å². The van der Waals surface area contributed by atoms with Crippen molar-refractivity contribution in [1.29, 1.82) is 0 Å². The minimum absolute atomic E-state index is 0.189. The second kappa shape index (κ2) is 6.95.